The topological polar surface area (TPSA) is 101 Å². The van der Waals surface area contributed by atoms with Crippen LogP contribution < -0.4 is 16.4 Å². The van der Waals surface area contributed by atoms with E-state index in [4.69, 9.17) is 11.5 Å². The van der Waals surface area contributed by atoms with Crippen molar-refractivity contribution in [1.82, 2.24) is 14.9 Å². The molecule has 2 heterocycles. The number of hydrogen-bond acceptors (Lipinski definition) is 6. The van der Waals surface area contributed by atoms with Crippen molar-refractivity contribution >= 4 is 28.4 Å². The summed E-state index contributed by atoms with van der Waals surface area (Å²) >= 11 is 0. The summed E-state index contributed by atoms with van der Waals surface area (Å²) in [7, 11) is 2.07. The molecule has 1 aliphatic heterocycles. The minimum Gasteiger partial charge on any atom is -0.383 e. The van der Waals surface area contributed by atoms with E-state index in [-0.39, 0.29) is 11.4 Å². The van der Waals surface area contributed by atoms with Gasteiger partial charge in [-0.15, -0.1) is 0 Å². The molecule has 174 valence electrons. The fourth-order valence-electron chi connectivity index (χ4n) is 3.04. The van der Waals surface area contributed by atoms with Gasteiger partial charge >= 0.3 is 0 Å². The molecule has 2 aromatic carbocycles. The van der Waals surface area contributed by atoms with E-state index in [9.17, 15) is 4.79 Å². The number of carbonyl (C=O) groups is 1. The van der Waals surface area contributed by atoms with Gasteiger partial charge in [0.2, 0.25) is 5.95 Å². The van der Waals surface area contributed by atoms with E-state index in [0.717, 1.165) is 26.2 Å². The zero-order valence-electron chi connectivity index (χ0n) is 20.3. The fourth-order valence-corrected chi connectivity index (χ4v) is 3.04. The molecule has 0 bridgehead atoms. The van der Waals surface area contributed by atoms with Gasteiger partial charge in [0.25, 0.3) is 5.91 Å². The number of carbonyl (C=O) groups excluding carboxylic acids is 1. The fraction of sp³-hybridized carbons (Fsp3) is 0.400. The summed E-state index contributed by atoms with van der Waals surface area (Å²) in [5, 5.41) is 2.64. The smallest absolute Gasteiger partial charge is 0.254 e. The van der Waals surface area contributed by atoms with Crippen LogP contribution in [0.1, 0.15) is 43.6 Å². The predicted molar refractivity (Wildman–Crippen MR) is 136 cm³/mol. The van der Waals surface area contributed by atoms with Gasteiger partial charge in [0.1, 0.15) is 5.82 Å². The number of aryl methyl sites for hydroxylation is 1. The molecule has 1 fully saturated rings. The number of aromatic nitrogens is 2. The van der Waals surface area contributed by atoms with Crippen molar-refractivity contribution in [3.05, 3.63) is 59.8 Å². The summed E-state index contributed by atoms with van der Waals surface area (Å²) in [5.74, 6) is 0.0921. The Morgan fingerprint density at radius 2 is 1.53 bits per heavy atom. The van der Waals surface area contributed by atoms with E-state index in [1.165, 1.54) is 22.5 Å². The number of anilines is 2. The summed E-state index contributed by atoms with van der Waals surface area (Å²) < 4.78 is 0. The first-order valence-corrected chi connectivity index (χ1v) is 11.3. The number of primary amides is 1. The van der Waals surface area contributed by atoms with Crippen LogP contribution in [0.4, 0.5) is 11.8 Å². The molecular weight excluding hydrogens is 400 g/mol. The van der Waals surface area contributed by atoms with Gasteiger partial charge in [0.15, 0.2) is 0 Å². The zero-order chi connectivity index (χ0) is 24.1. The van der Waals surface area contributed by atoms with E-state index in [1.54, 1.807) is 0 Å². The molecule has 0 radical (unpaired) electrons. The molecule has 1 aliphatic rings. The Bertz CT molecular complexity index is 968. The molecule has 32 heavy (non-hydrogen) atoms. The predicted octanol–water partition coefficient (Wildman–Crippen LogP) is 4.11. The lowest BCUT2D eigenvalue weighted by Gasteiger charge is -2.32. The lowest BCUT2D eigenvalue weighted by molar-refractivity contribution is 0.100. The first kappa shape index (κ1) is 26.8. The minimum absolute atomic E-state index is 0.140. The highest BCUT2D eigenvalue weighted by Crippen LogP contribution is 2.15. The molecule has 1 amide bonds. The number of fused-ring (bicyclic) bond motifs is 1. The summed E-state index contributed by atoms with van der Waals surface area (Å²) in [6, 6.07) is 14.9. The number of nitrogen functional groups attached to an aromatic ring is 1. The Kier molecular flexibility index (Phi) is 11.7. The summed E-state index contributed by atoms with van der Waals surface area (Å²) in [6.07, 6.45) is 1.39. The number of likely N-dealkylation sites (N-methyl/N-ethyl adjacent to an activating group) is 1. The number of nitrogens with two attached hydrogens (primary N) is 2. The van der Waals surface area contributed by atoms with E-state index in [1.807, 2.05) is 32.6 Å². The minimum atomic E-state index is -0.604. The molecule has 0 aliphatic carbocycles. The van der Waals surface area contributed by atoms with Gasteiger partial charge in [-0.1, -0.05) is 75.7 Å². The van der Waals surface area contributed by atoms with Crippen LogP contribution in [0.15, 0.2) is 48.7 Å². The SMILES string of the molecule is CC.CC.CN1CCN(c2ncc(C(N)=O)c(N)n2)CC1.Cc1ccc2ccccc2c1. The molecule has 3 aromatic rings. The lowest BCUT2D eigenvalue weighted by Crippen LogP contribution is -2.45. The van der Waals surface area contributed by atoms with Gasteiger partial charge in [-0.25, -0.2) is 4.98 Å². The van der Waals surface area contributed by atoms with Gasteiger partial charge in [-0.05, 0) is 24.7 Å². The number of amides is 1. The van der Waals surface area contributed by atoms with Gasteiger partial charge < -0.3 is 21.3 Å². The van der Waals surface area contributed by atoms with Crippen LogP contribution in [-0.4, -0.2) is 54.0 Å². The van der Waals surface area contributed by atoms with Gasteiger partial charge in [-0.2, -0.15) is 4.98 Å². The largest absolute Gasteiger partial charge is 0.383 e. The van der Waals surface area contributed by atoms with Crippen molar-refractivity contribution in [2.45, 2.75) is 34.6 Å². The highest BCUT2D eigenvalue weighted by atomic mass is 16.1. The van der Waals surface area contributed by atoms with Crippen LogP contribution in [0, 0.1) is 6.92 Å². The van der Waals surface area contributed by atoms with E-state index < -0.39 is 5.91 Å². The van der Waals surface area contributed by atoms with Crippen LogP contribution >= 0.6 is 0 Å². The lowest BCUT2D eigenvalue weighted by atomic mass is 10.1. The van der Waals surface area contributed by atoms with Crippen LogP contribution in [0.5, 0.6) is 0 Å². The van der Waals surface area contributed by atoms with Crippen molar-refractivity contribution in [3.63, 3.8) is 0 Å². The molecule has 0 spiro atoms. The Morgan fingerprint density at radius 1 is 0.938 bits per heavy atom. The summed E-state index contributed by atoms with van der Waals surface area (Å²) in [5.41, 5.74) is 12.3. The van der Waals surface area contributed by atoms with Crippen molar-refractivity contribution in [3.8, 4) is 0 Å². The molecule has 0 saturated carbocycles. The second kappa shape index (κ2) is 14.0. The normalized spacial score (nSPS) is 13.0. The number of hydrogen-bond donors (Lipinski definition) is 2. The molecule has 7 nitrogen and oxygen atoms in total. The first-order valence-electron chi connectivity index (χ1n) is 11.3. The van der Waals surface area contributed by atoms with Crippen molar-refractivity contribution in [1.29, 1.82) is 0 Å². The summed E-state index contributed by atoms with van der Waals surface area (Å²) in [4.78, 5) is 23.5. The van der Waals surface area contributed by atoms with Crippen molar-refractivity contribution in [2.24, 2.45) is 5.73 Å². The highest BCUT2D eigenvalue weighted by Gasteiger charge is 2.18. The van der Waals surface area contributed by atoms with E-state index >= 15 is 0 Å². The van der Waals surface area contributed by atoms with Crippen molar-refractivity contribution < 1.29 is 4.79 Å². The number of nitrogens with zero attached hydrogens (tertiary/aromatic N) is 4. The average molecular weight is 439 g/mol. The van der Waals surface area contributed by atoms with Crippen LogP contribution in [0.25, 0.3) is 10.8 Å². The van der Waals surface area contributed by atoms with E-state index in [0.29, 0.717) is 5.95 Å². The maximum Gasteiger partial charge on any atom is 0.254 e. The summed E-state index contributed by atoms with van der Waals surface area (Å²) in [6.45, 7) is 13.7. The monoisotopic (exact) mass is 438 g/mol. The Hall–Kier alpha value is -3.19. The van der Waals surface area contributed by atoms with Crippen molar-refractivity contribution in [2.75, 3.05) is 43.9 Å². The molecule has 4 N–H and O–H groups in total. The van der Waals surface area contributed by atoms with Gasteiger partial charge in [0, 0.05) is 32.4 Å². The van der Waals surface area contributed by atoms with Gasteiger partial charge in [-0.3, -0.25) is 4.79 Å². The number of benzene rings is 2. The van der Waals surface area contributed by atoms with Crippen LogP contribution in [-0.2, 0) is 0 Å². The molecule has 1 saturated heterocycles. The molecule has 1 aromatic heterocycles. The molecule has 0 unspecified atom stereocenters. The molecule has 7 heteroatoms. The third kappa shape index (κ3) is 7.81. The third-order valence-electron chi connectivity index (χ3n) is 4.76. The number of rotatable bonds is 2. The molecular formula is C25H38N6O. The standard InChI is InChI=1S/C11H10.C10H16N6O.2C2H6/c1-9-6-7-10-4-2-3-5-11(10)8-9;1-15-2-4-16(5-3-15)10-13-6-7(9(12)17)8(11)14-10;2*1-2/h2-8H,1H3;6H,2-5H2,1H3,(H2,12,17)(H2,11,13,14);2*1-2H3. The second-order valence-electron chi connectivity index (χ2n) is 6.97. The maximum atomic E-state index is 11.0. The second-order valence-corrected chi connectivity index (χ2v) is 6.97. The Labute approximate surface area is 192 Å². The first-order chi connectivity index (χ1) is 15.4. The van der Waals surface area contributed by atoms with E-state index in [2.05, 4.69) is 71.3 Å². The quantitative estimate of drug-likeness (QED) is 0.624. The Morgan fingerprint density at radius 3 is 2.09 bits per heavy atom. The van der Waals surface area contributed by atoms with Crippen LogP contribution in [0.3, 0.4) is 0 Å². The highest BCUT2D eigenvalue weighted by molar-refractivity contribution is 5.96. The third-order valence-corrected chi connectivity index (χ3v) is 4.76. The zero-order valence-corrected chi connectivity index (χ0v) is 20.3. The number of piperazine rings is 1. The Balaban J connectivity index is 0.000000294. The average Bonchev–Trinajstić information content (AvgIpc) is 2.82. The van der Waals surface area contributed by atoms with Crippen LogP contribution in [0.2, 0.25) is 0 Å². The maximum absolute atomic E-state index is 11.0. The molecule has 0 atom stereocenters. The molecule has 4 rings (SSSR count). The van der Waals surface area contributed by atoms with Gasteiger partial charge in [0.05, 0.1) is 5.56 Å².